The molecule has 2 aromatic heterocycles. The molecule has 15 atom stereocenters. The van der Waals surface area contributed by atoms with Crippen LogP contribution in [0.15, 0.2) is 72.9 Å². The van der Waals surface area contributed by atoms with Gasteiger partial charge in [0.25, 0.3) is 18.2 Å². The van der Waals surface area contributed by atoms with E-state index in [1.165, 1.54) is 30.4 Å². The van der Waals surface area contributed by atoms with Crippen LogP contribution in [0.25, 0.3) is 26.8 Å². The van der Waals surface area contributed by atoms with Crippen LogP contribution >= 0.6 is 23.7 Å². The topological polar surface area (TPSA) is 499 Å². The van der Waals surface area contributed by atoms with Crippen molar-refractivity contribution in [1.29, 1.82) is 0 Å². The predicted octanol–water partition coefficient (Wildman–Crippen LogP) is -2.99. The molecule has 3 fully saturated rings. The number of rotatable bonds is 19. The number of nitrogens with zero attached hydrogens (tertiary/aromatic N) is 5. The molecule has 0 saturated carbocycles. The van der Waals surface area contributed by atoms with Gasteiger partial charge in [-0.2, -0.15) is 5.10 Å². The zero-order valence-corrected chi connectivity index (χ0v) is 50.4. The first-order valence-electron chi connectivity index (χ1n) is 28.5. The van der Waals surface area contributed by atoms with Gasteiger partial charge >= 0.3 is 0 Å². The van der Waals surface area contributed by atoms with E-state index < -0.39 is 182 Å². The van der Waals surface area contributed by atoms with Crippen LogP contribution in [-0.2, 0) is 42.9 Å². The third-order valence-electron chi connectivity index (χ3n) is 15.4. The van der Waals surface area contributed by atoms with E-state index in [-0.39, 0.29) is 23.5 Å². The molecule has 492 valence electrons. The monoisotopic (exact) mass is 1310 g/mol. The summed E-state index contributed by atoms with van der Waals surface area (Å²) in [6.07, 6.45) is -16.1. The molecule has 3 saturated heterocycles. The summed E-state index contributed by atoms with van der Waals surface area (Å²) in [7, 11) is 0. The molecule has 35 heteroatoms. The molecule has 5 heterocycles. The lowest BCUT2D eigenvalue weighted by molar-refractivity contribution is -0.433. The van der Waals surface area contributed by atoms with Crippen LogP contribution < -0.4 is 41.2 Å². The Morgan fingerprint density at radius 1 is 0.824 bits per heavy atom. The number of phenols is 1. The fourth-order valence-electron chi connectivity index (χ4n) is 10.5. The van der Waals surface area contributed by atoms with Gasteiger partial charge in [-0.1, -0.05) is 59.2 Å². The van der Waals surface area contributed by atoms with Crippen molar-refractivity contribution in [3.8, 4) is 39.1 Å². The summed E-state index contributed by atoms with van der Waals surface area (Å²) in [6, 6.07) is 3.36. The van der Waals surface area contributed by atoms with Crippen molar-refractivity contribution in [2.75, 3.05) is 19.7 Å². The van der Waals surface area contributed by atoms with Gasteiger partial charge in [0.15, 0.2) is 17.7 Å². The Bertz CT molecular complexity index is 3400. The van der Waals surface area contributed by atoms with Gasteiger partial charge in [-0.15, -0.1) is 0 Å². The number of amides is 8. The molecule has 33 nitrogen and oxygen atoms in total. The van der Waals surface area contributed by atoms with E-state index in [2.05, 4.69) is 42.7 Å². The molecule has 0 radical (unpaired) electrons. The minimum Gasteiger partial charge on any atom is -0.504 e. The highest BCUT2D eigenvalue weighted by Crippen LogP contribution is 2.35. The Hall–Kier alpha value is -8.17. The minimum atomic E-state index is -2.56. The fraction of sp³-hybridized carbons (Fsp3) is 0.464. The Balaban J connectivity index is 1.10. The molecule has 8 rings (SSSR count). The molecule has 14 unspecified atom stereocenters. The Morgan fingerprint density at radius 3 is 2.15 bits per heavy atom. The first-order chi connectivity index (χ1) is 43.3. The summed E-state index contributed by atoms with van der Waals surface area (Å²) in [5.74, 6) is -12.0. The Morgan fingerprint density at radius 2 is 1.49 bits per heavy atom. The summed E-state index contributed by atoms with van der Waals surface area (Å²) >= 11 is 1.29. The predicted molar refractivity (Wildman–Crippen MR) is 314 cm³/mol. The normalized spacial score (nSPS) is 26.0. The minimum absolute atomic E-state index is 0.0364. The second-order valence-electron chi connectivity index (χ2n) is 22.0. The first kappa shape index (κ1) is 68.7. The number of hydrogen-bond donors (Lipinski definition) is 16. The molecular formula is C56H69N11O22S2. The van der Waals surface area contributed by atoms with Crippen LogP contribution in [-0.4, -0.2) is 222 Å². The molecular weight excluding hydrogens is 1240 g/mol. The van der Waals surface area contributed by atoms with Crippen molar-refractivity contribution in [1.82, 2.24) is 51.0 Å². The van der Waals surface area contributed by atoms with E-state index in [9.17, 15) is 84.3 Å². The first-order valence-corrected chi connectivity index (χ1v) is 30.0. The van der Waals surface area contributed by atoms with Crippen LogP contribution in [0.1, 0.15) is 74.9 Å². The summed E-state index contributed by atoms with van der Waals surface area (Å²) in [6.45, 7) is 3.88. The lowest BCUT2D eigenvalue weighted by Crippen LogP contribution is -2.64. The van der Waals surface area contributed by atoms with E-state index in [4.69, 9.17) is 24.9 Å². The number of ether oxygens (including phenoxy) is 1. The number of carbonyl (C=O) groups is 8. The number of aromatic hydroxyl groups is 1. The number of benzene rings is 3. The summed E-state index contributed by atoms with van der Waals surface area (Å²) in [4.78, 5) is 120. The lowest BCUT2D eigenvalue weighted by Gasteiger charge is -2.34. The zero-order chi connectivity index (χ0) is 66.1. The number of unbranched alkanes of at least 4 members (excludes halogenated alkanes) is 1. The van der Waals surface area contributed by atoms with Crippen molar-refractivity contribution in [2.45, 2.75) is 138 Å². The van der Waals surface area contributed by atoms with Gasteiger partial charge in [-0.25, -0.2) is 14.8 Å². The van der Waals surface area contributed by atoms with Crippen LogP contribution in [0, 0.1) is 5.92 Å². The average Bonchev–Trinajstić information content (AvgIpc) is 1.72. The van der Waals surface area contributed by atoms with Crippen molar-refractivity contribution >= 4 is 75.9 Å². The van der Waals surface area contributed by atoms with Crippen LogP contribution in [0.5, 0.6) is 17.2 Å². The molecule has 3 aliphatic rings. The third-order valence-corrected chi connectivity index (χ3v) is 16.7. The van der Waals surface area contributed by atoms with Crippen molar-refractivity contribution < 1.29 is 108 Å². The van der Waals surface area contributed by atoms with Gasteiger partial charge in [0.2, 0.25) is 46.3 Å². The number of aliphatic hydroxyl groups is 8. The highest BCUT2D eigenvalue weighted by Gasteiger charge is 2.51. The van der Waals surface area contributed by atoms with E-state index >= 15 is 0 Å². The van der Waals surface area contributed by atoms with Crippen molar-refractivity contribution in [3.63, 3.8) is 0 Å². The summed E-state index contributed by atoms with van der Waals surface area (Å²) in [5.41, 5.74) is 6.78. The second kappa shape index (κ2) is 30.3. The van der Waals surface area contributed by atoms with Gasteiger partial charge in [0.1, 0.15) is 65.3 Å². The van der Waals surface area contributed by atoms with Crippen LogP contribution in [0.3, 0.4) is 0 Å². The molecule has 0 spiro atoms. The Labute approximate surface area is 525 Å². The highest BCUT2D eigenvalue weighted by atomic mass is 32.2. The smallest absolute Gasteiger partial charge is 0.261 e. The molecule has 5 aromatic rings. The lowest BCUT2D eigenvalue weighted by atomic mass is 9.96. The van der Waals surface area contributed by atoms with E-state index in [1.54, 1.807) is 22.8 Å². The number of carbonyl (C=O) groups excluding carboxylic acids is 8. The number of hydrogen-bond acceptors (Lipinski definition) is 26. The van der Waals surface area contributed by atoms with Gasteiger partial charge in [0.05, 0.1) is 49.3 Å². The van der Waals surface area contributed by atoms with Crippen molar-refractivity contribution in [3.05, 3.63) is 84.1 Å². The number of aromatic nitrogens is 3. The number of phenolic OH excluding ortho intramolecular Hbond substituents is 1. The van der Waals surface area contributed by atoms with Gasteiger partial charge < -0.3 is 97.0 Å². The summed E-state index contributed by atoms with van der Waals surface area (Å²) in [5, 5.41) is 130. The maximum Gasteiger partial charge on any atom is 0.261 e. The molecule has 91 heavy (non-hydrogen) atoms. The van der Waals surface area contributed by atoms with Gasteiger partial charge in [-0.05, 0) is 67.4 Å². The van der Waals surface area contributed by atoms with Gasteiger partial charge in [0, 0.05) is 48.5 Å². The standard InChI is InChI=1S/C56H69N11O22S2/c1-4-5-16-86-31-13-10-28(11-14-31)53-64-67-23-33(59-56(67)90-53)26-6-8-27(9-7-26)47(77)58-32-19-37(72)50(80)63-52(82)43-44(74)24(2)21-66(43)55(84)41(36(71)20-39(57)73)61-51(81)42(46(76)45(75)29-12-15-35(70)38(17-29)87-91-89-88-85)62-49(79)34-18-30(69)22-65(34)54(83)40(25(3)68)60-48(32)78/h6-15,17,23-25,30,32,34,36-37,40-46,50,68-72,74-76,80,85H,4-5,16,18-22H2,1-3H3,(H2,57,73)(H,58,77)(H,60,78)(H,61,81)(H,62,79)(H,63,82)/t24?,25?,30?,32-,34?,36?,37?,40?,41?,42?,43?,44?,45?,46?,50?/m0/s1. The van der Waals surface area contributed by atoms with E-state index in [1.807, 2.05) is 29.6 Å². The van der Waals surface area contributed by atoms with Crippen LogP contribution in [0.4, 0.5) is 0 Å². The molecule has 17 N–H and O–H groups in total. The van der Waals surface area contributed by atoms with E-state index in [0.29, 0.717) is 37.6 Å². The number of fused-ring (bicyclic) bond motifs is 3. The zero-order valence-electron chi connectivity index (χ0n) is 48.7. The number of primary amides is 1. The third kappa shape index (κ3) is 16.3. The highest BCUT2D eigenvalue weighted by molar-refractivity contribution is 7.90. The average molecular weight is 1310 g/mol. The molecule has 0 aliphatic carbocycles. The van der Waals surface area contributed by atoms with Crippen LogP contribution in [0.2, 0.25) is 0 Å². The largest absolute Gasteiger partial charge is 0.504 e. The number of imidazole rings is 1. The van der Waals surface area contributed by atoms with Crippen molar-refractivity contribution in [2.24, 2.45) is 11.7 Å². The quantitative estimate of drug-likeness (QED) is 0.0170. The number of aliphatic hydroxyl groups excluding tert-OH is 8. The second-order valence-corrected chi connectivity index (χ2v) is 23.4. The maximum absolute atomic E-state index is 14.7. The molecule has 8 amide bonds. The molecule has 3 aliphatic heterocycles. The Kier molecular flexibility index (Phi) is 22.9. The number of nitrogens with two attached hydrogens (primary N) is 1. The van der Waals surface area contributed by atoms with E-state index in [0.717, 1.165) is 49.3 Å². The molecule has 3 aromatic carbocycles. The number of nitrogens with one attached hydrogen (secondary N) is 5. The maximum atomic E-state index is 14.7. The SMILES string of the molecule is CCCCOc1ccc(-c2nn3cc(-c4ccc(C(=O)N[C@H]5CC(O)C(O)NC(=O)C6C(O)C(C)CN6C(=O)C(C(O)CC(N)=O)NC(=O)C(C(O)C(O)c6ccc(O)c(OSOOO)c6)NC(=O)C6CC(O)CN6C(=O)C(C(C)O)NC5=O)cc4)nc3s2)cc1. The fourth-order valence-corrected chi connectivity index (χ4v) is 11.6. The molecule has 0 bridgehead atoms. The van der Waals surface area contributed by atoms with Gasteiger partial charge in [-0.3, -0.25) is 38.4 Å². The summed E-state index contributed by atoms with van der Waals surface area (Å²) < 4.78 is 16.5.